The van der Waals surface area contributed by atoms with Gasteiger partial charge in [-0.15, -0.1) is 0 Å². The number of phosphoric acid groups is 2. The van der Waals surface area contributed by atoms with E-state index in [0.29, 0.717) is 25.7 Å². The zero-order valence-electron chi connectivity index (χ0n) is 64.3. The second kappa shape index (κ2) is 75.0. The van der Waals surface area contributed by atoms with Crippen molar-refractivity contribution < 1.29 is 80.2 Å². The van der Waals surface area contributed by atoms with Crippen LogP contribution in [0.4, 0.5) is 0 Å². The fourth-order valence-electron chi connectivity index (χ4n) is 10.6. The fraction of sp³-hybridized carbons (Fsp3) is 0.735. The largest absolute Gasteiger partial charge is 0.472 e. The Labute approximate surface area is 619 Å². The van der Waals surface area contributed by atoms with Gasteiger partial charge in [0, 0.05) is 25.7 Å². The van der Waals surface area contributed by atoms with Crippen molar-refractivity contribution in [3.05, 3.63) is 109 Å². The van der Waals surface area contributed by atoms with E-state index in [1.165, 1.54) is 83.5 Å². The van der Waals surface area contributed by atoms with E-state index in [1.54, 1.807) is 0 Å². The van der Waals surface area contributed by atoms with Crippen LogP contribution in [0.5, 0.6) is 0 Å². The molecule has 17 nitrogen and oxygen atoms in total. The third-order valence-electron chi connectivity index (χ3n) is 16.7. The maximum absolute atomic E-state index is 13.1. The zero-order chi connectivity index (χ0) is 74.6. The number of allylic oxidation sites excluding steroid dienone is 18. The Morgan fingerprint density at radius 2 is 0.520 bits per heavy atom. The summed E-state index contributed by atoms with van der Waals surface area (Å²) in [6.45, 7) is 4.66. The van der Waals surface area contributed by atoms with Crippen LogP contribution in [0.15, 0.2) is 109 Å². The Morgan fingerprint density at radius 3 is 0.853 bits per heavy atom. The van der Waals surface area contributed by atoms with Crippen molar-refractivity contribution in [2.75, 3.05) is 39.6 Å². The molecule has 0 aliphatic heterocycles. The van der Waals surface area contributed by atoms with Crippen LogP contribution in [0.3, 0.4) is 0 Å². The summed E-state index contributed by atoms with van der Waals surface area (Å²) < 4.78 is 68.5. The quantitative estimate of drug-likeness (QED) is 0.0169. The van der Waals surface area contributed by atoms with E-state index in [0.717, 1.165) is 173 Å². The highest BCUT2D eigenvalue weighted by atomic mass is 31.2. The van der Waals surface area contributed by atoms with Crippen molar-refractivity contribution in [1.29, 1.82) is 0 Å². The minimum Gasteiger partial charge on any atom is -0.462 e. The van der Waals surface area contributed by atoms with E-state index in [4.69, 9.17) is 37.0 Å². The maximum Gasteiger partial charge on any atom is 0.472 e. The lowest BCUT2D eigenvalue weighted by molar-refractivity contribution is -0.161. The van der Waals surface area contributed by atoms with E-state index in [-0.39, 0.29) is 25.7 Å². The Hall–Kier alpha value is -4.28. The number of ether oxygens (including phenoxy) is 4. The van der Waals surface area contributed by atoms with Crippen LogP contribution in [-0.2, 0) is 65.4 Å². The molecule has 102 heavy (non-hydrogen) atoms. The summed E-state index contributed by atoms with van der Waals surface area (Å²) in [4.78, 5) is 72.9. The maximum atomic E-state index is 13.1. The monoisotopic (exact) mass is 1470 g/mol. The van der Waals surface area contributed by atoms with Gasteiger partial charge in [0.1, 0.15) is 19.3 Å². The van der Waals surface area contributed by atoms with Gasteiger partial charge in [-0.05, 0) is 128 Å². The van der Waals surface area contributed by atoms with E-state index >= 15 is 0 Å². The molecule has 0 saturated carbocycles. The van der Waals surface area contributed by atoms with Crippen molar-refractivity contribution in [2.24, 2.45) is 0 Å². The highest BCUT2D eigenvalue weighted by Gasteiger charge is 2.30. The van der Waals surface area contributed by atoms with Crippen molar-refractivity contribution in [1.82, 2.24) is 0 Å². The standard InChI is InChI=1S/C83H144O17P2/c1-5-9-13-17-21-25-29-32-34-36-38-40-42-45-48-51-55-59-63-67-80(85)93-73-78(99-82(87)69-65-61-57-53-47-28-24-20-16-12-8-4)75-97-101(89,90)95-71-77(84)72-96-102(91,92)98-76-79(100-83(88)70-66-62-58-54-50-44-31-27-23-19-15-11-7-3)74-94-81(86)68-64-60-56-52-49-46-43-41-39-37-35-33-30-26-22-18-14-10-6-2/h10,14,20-22,24-26,32-35,38-41,46,49,77-79,84H,5-9,11-13,15-19,23,27-31,36-37,42-45,47-48,50-76H2,1-4H3,(H,89,90)(H,91,92)/b14-10-,24-20-,25-21-,26-22-,34-32-,35-33-,40-38-,41-39-,49-46-. The Balaban J connectivity index is 5.33. The lowest BCUT2D eigenvalue weighted by atomic mass is 10.0. The molecule has 0 bridgehead atoms. The van der Waals surface area contributed by atoms with Crippen LogP contribution in [0.25, 0.3) is 0 Å². The van der Waals surface area contributed by atoms with Crippen LogP contribution < -0.4 is 0 Å². The number of unbranched alkanes of at least 4 members (excludes halogenated alkanes) is 31. The third kappa shape index (κ3) is 74.0. The molecule has 0 amide bonds. The van der Waals surface area contributed by atoms with E-state index < -0.39 is 97.5 Å². The first-order valence-corrected chi connectivity index (χ1v) is 43.1. The van der Waals surface area contributed by atoms with Crippen LogP contribution in [0.1, 0.15) is 336 Å². The van der Waals surface area contributed by atoms with Crippen LogP contribution >= 0.6 is 15.6 Å². The summed E-state index contributed by atoms with van der Waals surface area (Å²) in [5.41, 5.74) is 0. The number of carbonyl (C=O) groups excluding carboxylic acids is 4. The molecule has 0 aliphatic carbocycles. The van der Waals surface area contributed by atoms with Gasteiger partial charge >= 0.3 is 39.5 Å². The summed E-state index contributed by atoms with van der Waals surface area (Å²) in [6.07, 6.45) is 80.7. The molecule has 0 aliphatic rings. The molecule has 0 spiro atoms. The number of hydrogen-bond donors (Lipinski definition) is 3. The molecule has 5 atom stereocenters. The second-order valence-corrected chi connectivity index (χ2v) is 29.5. The second-order valence-electron chi connectivity index (χ2n) is 26.6. The van der Waals surface area contributed by atoms with Gasteiger partial charge in [-0.25, -0.2) is 9.13 Å². The van der Waals surface area contributed by atoms with Crippen LogP contribution in [0, 0.1) is 0 Å². The summed E-state index contributed by atoms with van der Waals surface area (Å²) in [6, 6.07) is 0. The molecule has 5 unspecified atom stereocenters. The predicted octanol–water partition coefficient (Wildman–Crippen LogP) is 23.3. The number of aliphatic hydroxyl groups excluding tert-OH is 1. The molecule has 0 radical (unpaired) electrons. The molecule has 0 rings (SSSR count). The van der Waals surface area contributed by atoms with Crippen LogP contribution in [0.2, 0.25) is 0 Å². The minimum atomic E-state index is -4.98. The number of phosphoric ester groups is 2. The lowest BCUT2D eigenvalue weighted by Crippen LogP contribution is -2.30. The van der Waals surface area contributed by atoms with Gasteiger partial charge in [0.15, 0.2) is 12.2 Å². The third-order valence-corrected chi connectivity index (χ3v) is 18.6. The molecule has 0 heterocycles. The molecule has 3 N–H and O–H groups in total. The molecule has 0 aromatic rings. The number of esters is 4. The SMILES string of the molecule is CC/C=C\C/C=C\C/C=C\C/C=C\C/C=C\CCCCCC(=O)OCC(COP(=O)(O)OCC(O)COP(=O)(O)OCC(COC(=O)CCCCCCCC/C=C\C/C=C\C/C=C\CCCCC)OC(=O)CCCCCCC/C=C\CCCC)OC(=O)CCCCCCCCCCCCCCC. The molecule has 0 aromatic carbocycles. The van der Waals surface area contributed by atoms with E-state index in [9.17, 15) is 43.2 Å². The van der Waals surface area contributed by atoms with Gasteiger partial charge in [-0.1, -0.05) is 291 Å². The summed E-state index contributed by atoms with van der Waals surface area (Å²) >= 11 is 0. The number of rotatable bonds is 75. The van der Waals surface area contributed by atoms with E-state index in [1.807, 2.05) is 0 Å². The van der Waals surface area contributed by atoms with Crippen LogP contribution in [-0.4, -0.2) is 96.7 Å². The lowest BCUT2D eigenvalue weighted by Gasteiger charge is -2.21. The molecule has 0 saturated heterocycles. The summed E-state index contributed by atoms with van der Waals surface area (Å²) in [5.74, 6) is -2.22. The Bertz CT molecular complexity index is 2360. The first kappa shape index (κ1) is 97.7. The number of aliphatic hydroxyl groups is 1. The van der Waals surface area contributed by atoms with Gasteiger partial charge in [-0.2, -0.15) is 0 Å². The number of carbonyl (C=O) groups is 4. The van der Waals surface area contributed by atoms with Crippen molar-refractivity contribution in [3.8, 4) is 0 Å². The van der Waals surface area contributed by atoms with Gasteiger partial charge in [0.25, 0.3) is 0 Å². The average molecular weight is 1480 g/mol. The zero-order valence-corrected chi connectivity index (χ0v) is 66.0. The molecule has 588 valence electrons. The highest BCUT2D eigenvalue weighted by Crippen LogP contribution is 2.45. The van der Waals surface area contributed by atoms with Gasteiger partial charge in [0.2, 0.25) is 0 Å². The molecular weight excluding hydrogens is 1330 g/mol. The smallest absolute Gasteiger partial charge is 0.462 e. The Morgan fingerprint density at radius 1 is 0.284 bits per heavy atom. The minimum absolute atomic E-state index is 0.0807. The van der Waals surface area contributed by atoms with Gasteiger partial charge < -0.3 is 33.8 Å². The van der Waals surface area contributed by atoms with E-state index in [2.05, 4.69) is 137 Å². The summed E-state index contributed by atoms with van der Waals surface area (Å²) in [5, 5.41) is 10.6. The topological polar surface area (TPSA) is 237 Å². The molecular formula is C83H144O17P2. The van der Waals surface area contributed by atoms with Gasteiger partial charge in [-0.3, -0.25) is 37.3 Å². The molecule has 0 fully saturated rings. The first-order chi connectivity index (χ1) is 49.7. The first-order valence-electron chi connectivity index (χ1n) is 40.1. The van der Waals surface area contributed by atoms with Crippen molar-refractivity contribution in [2.45, 2.75) is 354 Å². The fourth-order valence-corrected chi connectivity index (χ4v) is 12.2. The Kier molecular flexibility index (Phi) is 71.8. The average Bonchev–Trinajstić information content (AvgIpc) is 0.907. The predicted molar refractivity (Wildman–Crippen MR) is 418 cm³/mol. The molecule has 19 heteroatoms. The van der Waals surface area contributed by atoms with Crippen molar-refractivity contribution >= 4 is 39.5 Å². The molecule has 0 aromatic heterocycles. The van der Waals surface area contributed by atoms with Crippen molar-refractivity contribution in [3.63, 3.8) is 0 Å². The normalized spacial score (nSPS) is 14.5. The number of hydrogen-bond acceptors (Lipinski definition) is 15. The van der Waals surface area contributed by atoms with Gasteiger partial charge in [0.05, 0.1) is 26.4 Å². The highest BCUT2D eigenvalue weighted by molar-refractivity contribution is 7.47. The summed E-state index contributed by atoms with van der Waals surface area (Å²) in [7, 11) is -9.96.